The summed E-state index contributed by atoms with van der Waals surface area (Å²) in [6, 6.07) is -0.893. The van der Waals surface area contributed by atoms with Gasteiger partial charge >= 0.3 is 0 Å². The molecule has 78 heavy (non-hydrogen) atoms. The van der Waals surface area contributed by atoms with Crippen molar-refractivity contribution in [1.29, 1.82) is 0 Å². The second-order valence-corrected chi connectivity index (χ2v) is 24.1. The van der Waals surface area contributed by atoms with Gasteiger partial charge in [-0.2, -0.15) is 0 Å². The molecule has 0 spiro atoms. The van der Waals surface area contributed by atoms with Gasteiger partial charge in [-0.25, -0.2) is 0 Å². The van der Waals surface area contributed by atoms with E-state index < -0.39 is 61.5 Å². The number of ether oxygens (including phenoxy) is 2. The first kappa shape index (κ1) is 74.6. The van der Waals surface area contributed by atoms with Crippen molar-refractivity contribution in [3.05, 3.63) is 24.3 Å². The van der Waals surface area contributed by atoms with Gasteiger partial charge in [-0.3, -0.25) is 4.79 Å². The first-order valence-electron chi connectivity index (χ1n) is 34.1. The molecule has 1 aliphatic heterocycles. The Bertz CT molecular complexity index is 1300. The molecule has 8 unspecified atom stereocenters. The van der Waals surface area contributed by atoms with E-state index in [-0.39, 0.29) is 6.61 Å². The Morgan fingerprint density at radius 1 is 0.436 bits per heavy atom. The Hall–Kier alpha value is -1.37. The lowest BCUT2D eigenvalue weighted by Gasteiger charge is -2.40. The molecule has 0 aromatic rings. The number of nitrogens with one attached hydrogen (secondary N) is 1. The van der Waals surface area contributed by atoms with Gasteiger partial charge in [0, 0.05) is 0 Å². The molecule has 1 fully saturated rings. The van der Waals surface area contributed by atoms with Crippen LogP contribution in [0.25, 0.3) is 0 Å². The van der Waals surface area contributed by atoms with Crippen LogP contribution in [0.3, 0.4) is 0 Å². The lowest BCUT2D eigenvalue weighted by atomic mass is 9.99. The number of aliphatic hydroxyl groups is 6. The number of carbonyl (C=O) groups excluding carboxylic acids is 1. The third-order valence-corrected chi connectivity index (χ3v) is 16.7. The zero-order valence-corrected chi connectivity index (χ0v) is 51.3. The Kier molecular flexibility index (Phi) is 55.0. The van der Waals surface area contributed by atoms with E-state index in [4.69, 9.17) is 9.47 Å². The molecule has 1 saturated heterocycles. The molecule has 10 nitrogen and oxygen atoms in total. The summed E-state index contributed by atoms with van der Waals surface area (Å²) in [4.78, 5) is 13.2. The number of hydrogen-bond acceptors (Lipinski definition) is 9. The van der Waals surface area contributed by atoms with Crippen LogP contribution in [-0.4, -0.2) is 98.7 Å². The molecule has 0 aromatic carbocycles. The maximum atomic E-state index is 13.2. The second-order valence-electron chi connectivity index (χ2n) is 24.1. The molecule has 0 bridgehead atoms. The van der Waals surface area contributed by atoms with Gasteiger partial charge in [0.05, 0.1) is 25.4 Å². The molecule has 1 heterocycles. The number of carbonyl (C=O) groups is 1. The fourth-order valence-corrected chi connectivity index (χ4v) is 11.2. The van der Waals surface area contributed by atoms with Crippen molar-refractivity contribution in [2.24, 2.45) is 0 Å². The minimum absolute atomic E-state index is 0.252. The number of hydrogen-bond donors (Lipinski definition) is 7. The van der Waals surface area contributed by atoms with Gasteiger partial charge in [-0.05, 0) is 44.9 Å². The summed E-state index contributed by atoms with van der Waals surface area (Å²) in [7, 11) is 0. The van der Waals surface area contributed by atoms with Crippen LogP contribution in [0.5, 0.6) is 0 Å². The highest BCUT2D eigenvalue weighted by atomic mass is 16.7. The van der Waals surface area contributed by atoms with Gasteiger partial charge in [-0.1, -0.05) is 321 Å². The van der Waals surface area contributed by atoms with Crippen LogP contribution in [0.4, 0.5) is 0 Å². The number of allylic oxidation sites excluding steroid dienone is 4. The van der Waals surface area contributed by atoms with Crippen molar-refractivity contribution in [2.45, 2.75) is 390 Å². The summed E-state index contributed by atoms with van der Waals surface area (Å²) < 4.78 is 11.3. The molecule has 0 radical (unpaired) electrons. The smallest absolute Gasteiger partial charge is 0.249 e. The summed E-state index contributed by atoms with van der Waals surface area (Å²) in [5.41, 5.74) is 0. The fourth-order valence-electron chi connectivity index (χ4n) is 11.2. The molecule has 1 amide bonds. The van der Waals surface area contributed by atoms with E-state index in [1.165, 1.54) is 257 Å². The largest absolute Gasteiger partial charge is 0.394 e. The van der Waals surface area contributed by atoms with Crippen LogP contribution in [0.15, 0.2) is 24.3 Å². The van der Waals surface area contributed by atoms with Crippen molar-refractivity contribution in [1.82, 2.24) is 5.32 Å². The molecule has 462 valence electrons. The first-order chi connectivity index (χ1) is 38.3. The first-order valence-corrected chi connectivity index (χ1v) is 34.1. The number of aliphatic hydroxyl groups excluding tert-OH is 6. The van der Waals surface area contributed by atoms with Gasteiger partial charge in [0.15, 0.2) is 6.29 Å². The lowest BCUT2D eigenvalue weighted by molar-refractivity contribution is -0.302. The molecular weight excluding hydrogens is 975 g/mol. The van der Waals surface area contributed by atoms with Crippen molar-refractivity contribution in [2.75, 3.05) is 13.2 Å². The maximum Gasteiger partial charge on any atom is 0.249 e. The SMILES string of the molecule is CCCCCCCCCCCCCCCCC/C=C\C/C=C\CCCCCCCCCCCCCCCCCCC(O)C(=O)NC(COC1OC(CO)C(O)C(O)C1O)C(O)CCCCCCCCCCCCCCCCC. The van der Waals surface area contributed by atoms with E-state index in [1.807, 2.05) is 0 Å². The van der Waals surface area contributed by atoms with Crippen LogP contribution in [0, 0.1) is 0 Å². The minimum atomic E-state index is -1.60. The normalized spacial score (nSPS) is 19.1. The third kappa shape index (κ3) is 45.2. The Labute approximate surface area is 482 Å². The van der Waals surface area contributed by atoms with E-state index in [0.717, 1.165) is 57.8 Å². The Morgan fingerprint density at radius 2 is 0.756 bits per heavy atom. The zero-order chi connectivity index (χ0) is 56.6. The van der Waals surface area contributed by atoms with Crippen molar-refractivity contribution in [3.63, 3.8) is 0 Å². The van der Waals surface area contributed by atoms with E-state index in [1.54, 1.807) is 0 Å². The molecule has 1 rings (SSSR count). The van der Waals surface area contributed by atoms with Gasteiger partial charge < -0.3 is 45.4 Å². The summed E-state index contributed by atoms with van der Waals surface area (Å²) in [6.45, 7) is 3.72. The van der Waals surface area contributed by atoms with Crippen molar-refractivity contribution < 1.29 is 44.9 Å². The average Bonchev–Trinajstić information content (AvgIpc) is 3.44. The van der Waals surface area contributed by atoms with Crippen molar-refractivity contribution in [3.8, 4) is 0 Å². The molecule has 8 atom stereocenters. The molecule has 0 aromatic heterocycles. The molecule has 1 aliphatic rings. The van der Waals surface area contributed by atoms with Crippen LogP contribution < -0.4 is 5.32 Å². The average molecular weight is 1110 g/mol. The predicted molar refractivity (Wildman–Crippen MR) is 329 cm³/mol. The highest BCUT2D eigenvalue weighted by Crippen LogP contribution is 2.24. The third-order valence-electron chi connectivity index (χ3n) is 16.7. The minimum Gasteiger partial charge on any atom is -0.394 e. The van der Waals surface area contributed by atoms with Crippen LogP contribution in [0.2, 0.25) is 0 Å². The van der Waals surface area contributed by atoms with Gasteiger partial charge in [0.2, 0.25) is 5.91 Å². The van der Waals surface area contributed by atoms with E-state index in [9.17, 15) is 35.4 Å². The molecule has 7 N–H and O–H groups in total. The highest BCUT2D eigenvalue weighted by molar-refractivity contribution is 5.80. The molecular formula is C68H131NO9. The Balaban J connectivity index is 2.07. The number of amides is 1. The van der Waals surface area contributed by atoms with Gasteiger partial charge in [0.25, 0.3) is 0 Å². The van der Waals surface area contributed by atoms with Crippen LogP contribution in [0.1, 0.15) is 341 Å². The predicted octanol–water partition coefficient (Wildman–Crippen LogP) is 17.1. The summed E-state index contributed by atoms with van der Waals surface area (Å²) in [5, 5.41) is 65.3. The number of rotatable bonds is 60. The van der Waals surface area contributed by atoms with Crippen molar-refractivity contribution >= 4 is 5.91 Å². The topological polar surface area (TPSA) is 169 Å². The standard InChI is InChI=1S/C68H131NO9/c1-3-5-7-9-11-13-15-17-19-20-21-22-23-24-25-26-27-28-29-30-31-32-33-34-35-36-37-38-39-40-41-43-45-47-49-51-53-55-57-62(72)67(76)69-60(59-77-68-66(75)65(74)64(73)63(58-70)78-68)61(71)56-54-52-50-48-46-44-42-18-16-14-12-10-8-6-4-2/h27-28,30-31,60-66,68,70-75H,3-26,29,32-59H2,1-2H3,(H,69,76)/b28-27-,31-30-. The molecule has 0 aliphatic carbocycles. The summed E-state index contributed by atoms with van der Waals surface area (Å²) in [5.74, 6) is -0.578. The van der Waals surface area contributed by atoms with Crippen LogP contribution >= 0.6 is 0 Å². The van der Waals surface area contributed by atoms with E-state index >= 15 is 0 Å². The molecule has 0 saturated carbocycles. The lowest BCUT2D eigenvalue weighted by Crippen LogP contribution is -2.60. The monoisotopic (exact) mass is 1110 g/mol. The maximum absolute atomic E-state index is 13.2. The van der Waals surface area contributed by atoms with Crippen LogP contribution in [-0.2, 0) is 14.3 Å². The summed E-state index contributed by atoms with van der Waals surface area (Å²) >= 11 is 0. The zero-order valence-electron chi connectivity index (χ0n) is 51.3. The summed E-state index contributed by atoms with van der Waals surface area (Å²) in [6.07, 6.45) is 64.3. The van der Waals surface area contributed by atoms with E-state index in [2.05, 4.69) is 43.5 Å². The van der Waals surface area contributed by atoms with Gasteiger partial charge in [-0.15, -0.1) is 0 Å². The highest BCUT2D eigenvalue weighted by Gasteiger charge is 2.44. The molecule has 10 heteroatoms. The second kappa shape index (κ2) is 57.4. The fraction of sp³-hybridized carbons (Fsp3) is 0.926. The van der Waals surface area contributed by atoms with Gasteiger partial charge in [0.1, 0.15) is 30.5 Å². The Morgan fingerprint density at radius 3 is 1.10 bits per heavy atom. The quantitative estimate of drug-likeness (QED) is 0.0232. The number of unbranched alkanes of at least 4 members (excludes halogenated alkanes) is 45. The van der Waals surface area contributed by atoms with E-state index in [0.29, 0.717) is 12.8 Å².